The number of halogens is 1. The number of nitrogens with one attached hydrogen (secondary N) is 2. The summed E-state index contributed by atoms with van der Waals surface area (Å²) in [5, 5.41) is 2.84. The van der Waals surface area contributed by atoms with Crippen molar-refractivity contribution in [2.24, 2.45) is 0 Å². The van der Waals surface area contributed by atoms with E-state index in [9.17, 15) is 14.0 Å². The molecule has 0 aliphatic carbocycles. The number of nitrogens with zero attached hydrogens (tertiary/aromatic N) is 2. The molecule has 0 aliphatic heterocycles. The molecule has 28 heavy (non-hydrogen) atoms. The van der Waals surface area contributed by atoms with E-state index in [2.05, 4.69) is 15.3 Å². The van der Waals surface area contributed by atoms with Crippen molar-refractivity contribution in [2.45, 2.75) is 33.4 Å². The predicted octanol–water partition coefficient (Wildman–Crippen LogP) is 2.96. The van der Waals surface area contributed by atoms with E-state index in [1.54, 1.807) is 19.9 Å². The van der Waals surface area contributed by atoms with Gasteiger partial charge in [-0.15, -0.1) is 0 Å². The minimum atomic E-state index is -0.784. The molecular weight excluding hydrogens is 363 g/mol. The van der Waals surface area contributed by atoms with Gasteiger partial charge in [0.05, 0.1) is 12.6 Å². The van der Waals surface area contributed by atoms with E-state index in [0.717, 1.165) is 11.1 Å². The zero-order valence-electron chi connectivity index (χ0n) is 15.8. The number of hydrogen-bond acceptors (Lipinski definition) is 5. The zero-order valence-corrected chi connectivity index (χ0v) is 15.8. The van der Waals surface area contributed by atoms with Crippen molar-refractivity contribution in [3.63, 3.8) is 0 Å². The standard InChI is InChI=1S/C20H21FN4O3/c1-12(2)28-17-9-8-15(10-16(17)21)22-18-23-19(26)24-20(27)25(18)11-14-6-4-13(3)5-7-14/h4-10,12H,11H2,1-3H3,(H2,22,23,24,26,27). The first-order chi connectivity index (χ1) is 13.3. The number of aryl methyl sites for hydroxylation is 1. The Labute approximate surface area is 160 Å². The van der Waals surface area contributed by atoms with E-state index >= 15 is 0 Å². The maximum absolute atomic E-state index is 14.2. The number of benzene rings is 2. The quantitative estimate of drug-likeness (QED) is 0.682. The van der Waals surface area contributed by atoms with Crippen molar-refractivity contribution in [2.75, 3.05) is 5.32 Å². The Hall–Kier alpha value is -3.42. The molecule has 0 fully saturated rings. The SMILES string of the molecule is Cc1ccc(Cn2c(Nc3ccc(OC(C)C)c(F)c3)nc(=O)[nH]c2=O)cc1. The molecule has 3 rings (SSSR count). The van der Waals surface area contributed by atoms with Gasteiger partial charge in [0.1, 0.15) is 0 Å². The van der Waals surface area contributed by atoms with Crippen LogP contribution in [0, 0.1) is 12.7 Å². The fourth-order valence-corrected chi connectivity index (χ4v) is 2.62. The van der Waals surface area contributed by atoms with Crippen molar-refractivity contribution < 1.29 is 9.13 Å². The van der Waals surface area contributed by atoms with Gasteiger partial charge in [-0.2, -0.15) is 4.98 Å². The van der Waals surface area contributed by atoms with E-state index in [1.165, 1.54) is 16.7 Å². The van der Waals surface area contributed by atoms with E-state index in [4.69, 9.17) is 4.74 Å². The van der Waals surface area contributed by atoms with Gasteiger partial charge in [-0.3, -0.25) is 9.55 Å². The molecule has 0 aliphatic rings. The van der Waals surface area contributed by atoms with E-state index < -0.39 is 17.2 Å². The van der Waals surface area contributed by atoms with Crippen molar-refractivity contribution in [1.29, 1.82) is 0 Å². The molecule has 0 spiro atoms. The Balaban J connectivity index is 1.93. The summed E-state index contributed by atoms with van der Waals surface area (Å²) < 4.78 is 20.9. The van der Waals surface area contributed by atoms with Crippen LogP contribution in [-0.2, 0) is 6.54 Å². The lowest BCUT2D eigenvalue weighted by Gasteiger charge is -2.14. The van der Waals surface area contributed by atoms with Gasteiger partial charge in [-0.25, -0.2) is 14.0 Å². The van der Waals surface area contributed by atoms with Gasteiger partial charge in [0.25, 0.3) is 0 Å². The molecule has 0 bridgehead atoms. The maximum atomic E-state index is 14.2. The van der Waals surface area contributed by atoms with Crippen LogP contribution in [0.5, 0.6) is 5.75 Å². The predicted molar refractivity (Wildman–Crippen MR) is 105 cm³/mol. The van der Waals surface area contributed by atoms with Gasteiger partial charge < -0.3 is 10.1 Å². The van der Waals surface area contributed by atoms with E-state index in [0.29, 0.717) is 5.69 Å². The van der Waals surface area contributed by atoms with Crippen LogP contribution in [0.3, 0.4) is 0 Å². The Bertz CT molecular complexity index is 1090. The molecule has 1 heterocycles. The van der Waals surface area contributed by atoms with Crippen molar-refractivity contribution >= 4 is 11.6 Å². The summed E-state index contributed by atoms with van der Waals surface area (Å²) in [4.78, 5) is 30.0. The summed E-state index contributed by atoms with van der Waals surface area (Å²) in [7, 11) is 0. The summed E-state index contributed by atoms with van der Waals surface area (Å²) in [5.41, 5.74) is 0.893. The lowest BCUT2D eigenvalue weighted by molar-refractivity contribution is 0.231. The maximum Gasteiger partial charge on any atom is 0.352 e. The summed E-state index contributed by atoms with van der Waals surface area (Å²) in [6, 6.07) is 11.9. The number of aromatic amines is 1. The molecule has 2 aromatic carbocycles. The highest BCUT2D eigenvalue weighted by Crippen LogP contribution is 2.23. The van der Waals surface area contributed by atoms with Crippen molar-refractivity contribution in [1.82, 2.24) is 14.5 Å². The van der Waals surface area contributed by atoms with Crippen molar-refractivity contribution in [3.8, 4) is 5.75 Å². The van der Waals surface area contributed by atoms with Gasteiger partial charge in [0.15, 0.2) is 11.6 Å². The molecule has 0 atom stereocenters. The largest absolute Gasteiger partial charge is 0.488 e. The first-order valence-electron chi connectivity index (χ1n) is 8.82. The molecule has 2 N–H and O–H groups in total. The summed E-state index contributed by atoms with van der Waals surface area (Å²) in [6.45, 7) is 5.76. The number of hydrogen-bond donors (Lipinski definition) is 2. The summed E-state index contributed by atoms with van der Waals surface area (Å²) in [6.07, 6.45) is -0.164. The van der Waals surface area contributed by atoms with Crippen LogP contribution in [0.1, 0.15) is 25.0 Å². The molecule has 0 radical (unpaired) electrons. The number of aromatic nitrogens is 3. The zero-order chi connectivity index (χ0) is 20.3. The second-order valence-corrected chi connectivity index (χ2v) is 6.68. The highest BCUT2D eigenvalue weighted by molar-refractivity contribution is 5.55. The third-order valence-electron chi connectivity index (χ3n) is 3.93. The van der Waals surface area contributed by atoms with Crippen LogP contribution in [0.2, 0.25) is 0 Å². The number of anilines is 2. The monoisotopic (exact) mass is 384 g/mol. The van der Waals surface area contributed by atoms with Gasteiger partial charge in [0, 0.05) is 11.8 Å². The Morgan fingerprint density at radius 2 is 1.89 bits per heavy atom. The molecule has 146 valence electrons. The minimum absolute atomic E-state index is 0.0197. The highest BCUT2D eigenvalue weighted by atomic mass is 19.1. The topological polar surface area (TPSA) is 89.0 Å². The average molecular weight is 384 g/mol. The van der Waals surface area contributed by atoms with Crippen LogP contribution in [0.25, 0.3) is 0 Å². The first-order valence-corrected chi connectivity index (χ1v) is 8.82. The summed E-state index contributed by atoms with van der Waals surface area (Å²) >= 11 is 0. The van der Waals surface area contributed by atoms with Gasteiger partial charge in [-0.1, -0.05) is 29.8 Å². The molecule has 8 heteroatoms. The van der Waals surface area contributed by atoms with Gasteiger partial charge in [0.2, 0.25) is 5.95 Å². The average Bonchev–Trinajstić information content (AvgIpc) is 2.61. The van der Waals surface area contributed by atoms with Gasteiger partial charge in [-0.05, 0) is 38.5 Å². The second-order valence-electron chi connectivity index (χ2n) is 6.68. The van der Waals surface area contributed by atoms with Crippen molar-refractivity contribution in [3.05, 3.63) is 80.4 Å². The summed E-state index contributed by atoms with van der Waals surface area (Å²) in [5.74, 6) is -0.418. The Kier molecular flexibility index (Phi) is 5.58. The normalized spacial score (nSPS) is 10.9. The number of rotatable bonds is 6. The molecule has 7 nitrogen and oxygen atoms in total. The van der Waals surface area contributed by atoms with Crippen LogP contribution < -0.4 is 21.4 Å². The third-order valence-corrected chi connectivity index (χ3v) is 3.93. The van der Waals surface area contributed by atoms with Crippen LogP contribution in [0.15, 0.2) is 52.1 Å². The number of ether oxygens (including phenoxy) is 1. The smallest absolute Gasteiger partial charge is 0.352 e. The molecule has 0 saturated heterocycles. The lowest BCUT2D eigenvalue weighted by Crippen LogP contribution is -2.34. The van der Waals surface area contributed by atoms with Crippen LogP contribution in [-0.4, -0.2) is 20.6 Å². The van der Waals surface area contributed by atoms with Gasteiger partial charge >= 0.3 is 11.4 Å². The molecule has 3 aromatic rings. The molecular formula is C20H21FN4O3. The fraction of sp³-hybridized carbons (Fsp3) is 0.250. The Morgan fingerprint density at radius 3 is 2.54 bits per heavy atom. The Morgan fingerprint density at radius 1 is 1.18 bits per heavy atom. The van der Waals surface area contributed by atoms with E-state index in [-0.39, 0.29) is 24.3 Å². The van der Waals surface area contributed by atoms with Crippen LogP contribution >= 0.6 is 0 Å². The lowest BCUT2D eigenvalue weighted by atomic mass is 10.1. The molecule has 0 amide bonds. The molecule has 1 aromatic heterocycles. The first kappa shape index (κ1) is 19.3. The highest BCUT2D eigenvalue weighted by Gasteiger charge is 2.12. The number of H-pyrrole nitrogens is 1. The molecule has 0 unspecified atom stereocenters. The van der Waals surface area contributed by atoms with Crippen LogP contribution in [0.4, 0.5) is 16.0 Å². The third kappa shape index (κ3) is 4.64. The molecule has 0 saturated carbocycles. The fourth-order valence-electron chi connectivity index (χ4n) is 2.62. The minimum Gasteiger partial charge on any atom is -0.488 e. The van der Waals surface area contributed by atoms with E-state index in [1.807, 2.05) is 31.2 Å². The second kappa shape index (κ2) is 8.08.